The van der Waals surface area contributed by atoms with Gasteiger partial charge in [0.25, 0.3) is 0 Å². The first-order chi connectivity index (χ1) is 8.47. The largest absolute Gasteiger partial charge is 0.383 e. The third-order valence-corrected chi connectivity index (χ3v) is 3.05. The number of benzene rings is 1. The van der Waals surface area contributed by atoms with Crippen LogP contribution in [0.25, 0.3) is 0 Å². The molecule has 1 aliphatic heterocycles. The van der Waals surface area contributed by atoms with E-state index in [1.807, 2.05) is 29.2 Å². The molecular formula is C15H22N2O. The Morgan fingerprint density at radius 1 is 1.33 bits per heavy atom. The van der Waals surface area contributed by atoms with Crippen molar-refractivity contribution in [2.45, 2.75) is 33.6 Å². The number of nitrogens with zero attached hydrogens (tertiary/aromatic N) is 1. The Balaban J connectivity index is 2.25. The fourth-order valence-corrected chi connectivity index (χ4v) is 2.25. The Morgan fingerprint density at radius 3 is 2.78 bits per heavy atom. The van der Waals surface area contributed by atoms with Crippen LogP contribution in [0.15, 0.2) is 24.3 Å². The van der Waals surface area contributed by atoms with E-state index in [0.29, 0.717) is 6.42 Å². The number of fused-ring (bicyclic) bond motifs is 1. The van der Waals surface area contributed by atoms with Crippen LogP contribution in [0.1, 0.15) is 33.6 Å². The molecule has 0 aromatic heterocycles. The molecule has 1 aromatic rings. The number of hydrogen-bond donors (Lipinski definition) is 1. The van der Waals surface area contributed by atoms with Gasteiger partial charge >= 0.3 is 0 Å². The summed E-state index contributed by atoms with van der Waals surface area (Å²) in [6.07, 6.45) is 1.58. The highest BCUT2D eigenvalue weighted by atomic mass is 16.2. The molecule has 0 saturated heterocycles. The molecule has 0 fully saturated rings. The lowest BCUT2D eigenvalue weighted by Gasteiger charge is -2.26. The van der Waals surface area contributed by atoms with Gasteiger partial charge < -0.3 is 10.2 Å². The SMILES string of the molecule is CC(C)(C)CC(=O)N1CCCNc2ccccc21. The summed E-state index contributed by atoms with van der Waals surface area (Å²) < 4.78 is 0. The molecule has 98 valence electrons. The summed E-state index contributed by atoms with van der Waals surface area (Å²) in [6, 6.07) is 8.05. The number of nitrogens with one attached hydrogen (secondary N) is 1. The molecule has 3 heteroatoms. The topological polar surface area (TPSA) is 32.3 Å². The van der Waals surface area contributed by atoms with E-state index in [1.54, 1.807) is 0 Å². The van der Waals surface area contributed by atoms with Crippen LogP contribution in [0.4, 0.5) is 11.4 Å². The molecule has 18 heavy (non-hydrogen) atoms. The Morgan fingerprint density at radius 2 is 2.06 bits per heavy atom. The van der Waals surface area contributed by atoms with Crippen molar-refractivity contribution in [3.63, 3.8) is 0 Å². The molecule has 1 heterocycles. The van der Waals surface area contributed by atoms with Crippen LogP contribution in [0.5, 0.6) is 0 Å². The van der Waals surface area contributed by atoms with E-state index >= 15 is 0 Å². The minimum Gasteiger partial charge on any atom is -0.383 e. The van der Waals surface area contributed by atoms with Gasteiger partial charge in [0.2, 0.25) is 5.91 Å². The van der Waals surface area contributed by atoms with Gasteiger partial charge in [0.05, 0.1) is 11.4 Å². The Labute approximate surface area is 109 Å². The maximum atomic E-state index is 12.4. The zero-order valence-electron chi connectivity index (χ0n) is 11.5. The first-order valence-electron chi connectivity index (χ1n) is 6.61. The van der Waals surface area contributed by atoms with Crippen LogP contribution < -0.4 is 10.2 Å². The molecule has 0 aliphatic carbocycles. The Kier molecular flexibility index (Phi) is 3.60. The lowest BCUT2D eigenvalue weighted by molar-refractivity contribution is -0.120. The van der Waals surface area contributed by atoms with Gasteiger partial charge in [-0.3, -0.25) is 4.79 Å². The van der Waals surface area contributed by atoms with Crippen molar-refractivity contribution >= 4 is 17.3 Å². The van der Waals surface area contributed by atoms with Gasteiger partial charge in [-0.1, -0.05) is 32.9 Å². The third kappa shape index (κ3) is 3.03. The van der Waals surface area contributed by atoms with Gasteiger partial charge in [0.15, 0.2) is 0 Å². The molecule has 0 spiro atoms. The van der Waals surface area contributed by atoms with Gasteiger partial charge in [-0.2, -0.15) is 0 Å². The fraction of sp³-hybridized carbons (Fsp3) is 0.533. The maximum Gasteiger partial charge on any atom is 0.227 e. The van der Waals surface area contributed by atoms with E-state index in [4.69, 9.17) is 0 Å². The molecule has 0 radical (unpaired) electrons. The lowest BCUT2D eigenvalue weighted by atomic mass is 9.91. The van der Waals surface area contributed by atoms with Crippen molar-refractivity contribution < 1.29 is 4.79 Å². The number of para-hydroxylation sites is 2. The van der Waals surface area contributed by atoms with Crippen LogP contribution in [-0.4, -0.2) is 19.0 Å². The monoisotopic (exact) mass is 246 g/mol. The van der Waals surface area contributed by atoms with Gasteiger partial charge in [0.1, 0.15) is 0 Å². The molecule has 1 N–H and O–H groups in total. The Hall–Kier alpha value is -1.51. The van der Waals surface area contributed by atoms with E-state index in [9.17, 15) is 4.79 Å². The first-order valence-corrected chi connectivity index (χ1v) is 6.61. The summed E-state index contributed by atoms with van der Waals surface area (Å²) in [5.41, 5.74) is 2.12. The number of hydrogen-bond acceptors (Lipinski definition) is 2. The van der Waals surface area contributed by atoms with Crippen LogP contribution >= 0.6 is 0 Å². The zero-order chi connectivity index (χ0) is 13.2. The summed E-state index contributed by atoms with van der Waals surface area (Å²) in [6.45, 7) is 8.04. The smallest absolute Gasteiger partial charge is 0.227 e. The van der Waals surface area contributed by atoms with Crippen molar-refractivity contribution in [2.24, 2.45) is 5.41 Å². The van der Waals surface area contributed by atoms with E-state index in [1.165, 1.54) is 0 Å². The van der Waals surface area contributed by atoms with Gasteiger partial charge in [-0.15, -0.1) is 0 Å². The Bertz CT molecular complexity index is 434. The summed E-state index contributed by atoms with van der Waals surface area (Å²) in [7, 11) is 0. The molecule has 1 aromatic carbocycles. The molecule has 0 bridgehead atoms. The number of rotatable bonds is 1. The maximum absolute atomic E-state index is 12.4. The minimum absolute atomic E-state index is 0.0335. The van der Waals surface area contributed by atoms with Crippen molar-refractivity contribution in [1.82, 2.24) is 0 Å². The quantitative estimate of drug-likeness (QED) is 0.824. The summed E-state index contributed by atoms with van der Waals surface area (Å²) in [5, 5.41) is 3.38. The predicted molar refractivity (Wildman–Crippen MR) is 76.0 cm³/mol. The molecule has 1 aliphatic rings. The number of carbonyl (C=O) groups is 1. The highest BCUT2D eigenvalue weighted by molar-refractivity contribution is 5.97. The third-order valence-electron chi connectivity index (χ3n) is 3.05. The number of carbonyl (C=O) groups excluding carboxylic acids is 1. The second-order valence-electron chi connectivity index (χ2n) is 6.08. The average molecular weight is 246 g/mol. The summed E-state index contributed by atoms with van der Waals surface area (Å²) in [5.74, 6) is 0.221. The second kappa shape index (κ2) is 5.01. The van der Waals surface area contributed by atoms with E-state index in [2.05, 4.69) is 26.1 Å². The van der Waals surface area contributed by atoms with E-state index in [-0.39, 0.29) is 11.3 Å². The molecule has 3 nitrogen and oxygen atoms in total. The van der Waals surface area contributed by atoms with Gasteiger partial charge in [-0.05, 0) is 24.0 Å². The molecule has 0 saturated carbocycles. The first kappa shape index (κ1) is 12.9. The van der Waals surface area contributed by atoms with Crippen molar-refractivity contribution in [3.8, 4) is 0 Å². The van der Waals surface area contributed by atoms with Crippen LogP contribution in [0.2, 0.25) is 0 Å². The van der Waals surface area contributed by atoms with Gasteiger partial charge in [0, 0.05) is 19.5 Å². The highest BCUT2D eigenvalue weighted by Crippen LogP contribution is 2.30. The fourth-order valence-electron chi connectivity index (χ4n) is 2.25. The zero-order valence-corrected chi connectivity index (χ0v) is 11.5. The molecule has 0 unspecified atom stereocenters. The molecule has 0 atom stereocenters. The van der Waals surface area contributed by atoms with Crippen molar-refractivity contribution in [1.29, 1.82) is 0 Å². The van der Waals surface area contributed by atoms with Crippen molar-refractivity contribution in [3.05, 3.63) is 24.3 Å². The summed E-state index contributed by atoms with van der Waals surface area (Å²) >= 11 is 0. The highest BCUT2D eigenvalue weighted by Gasteiger charge is 2.24. The van der Waals surface area contributed by atoms with Gasteiger partial charge in [-0.25, -0.2) is 0 Å². The lowest BCUT2D eigenvalue weighted by Crippen LogP contribution is -2.34. The van der Waals surface area contributed by atoms with E-state index in [0.717, 1.165) is 30.9 Å². The average Bonchev–Trinajstić information content (AvgIpc) is 2.48. The second-order valence-corrected chi connectivity index (χ2v) is 6.08. The normalized spacial score (nSPS) is 15.6. The van der Waals surface area contributed by atoms with Crippen LogP contribution in [0.3, 0.4) is 0 Å². The number of amides is 1. The van der Waals surface area contributed by atoms with Crippen molar-refractivity contribution in [2.75, 3.05) is 23.3 Å². The molecule has 1 amide bonds. The summed E-state index contributed by atoms with van der Waals surface area (Å²) in [4.78, 5) is 14.4. The predicted octanol–water partition coefficient (Wildman–Crippen LogP) is 3.27. The van der Waals surface area contributed by atoms with Crippen LogP contribution in [0, 0.1) is 5.41 Å². The van der Waals surface area contributed by atoms with Crippen LogP contribution in [-0.2, 0) is 4.79 Å². The van der Waals surface area contributed by atoms with E-state index < -0.39 is 0 Å². The molecule has 2 rings (SSSR count). The number of anilines is 2. The standard InChI is InChI=1S/C15H22N2O/c1-15(2,3)11-14(18)17-10-6-9-16-12-7-4-5-8-13(12)17/h4-5,7-8,16H,6,9-11H2,1-3H3. The molecular weight excluding hydrogens is 224 g/mol. The minimum atomic E-state index is 0.0335.